The molecule has 0 unspecified atom stereocenters. The normalized spacial score (nSPS) is 11.0. The van der Waals surface area contributed by atoms with Gasteiger partial charge in [-0.15, -0.1) is 0 Å². The van der Waals surface area contributed by atoms with Crippen LogP contribution in [-0.2, 0) is 24.1 Å². The molecule has 4 nitrogen and oxygen atoms in total. The second kappa shape index (κ2) is 8.09. The molecule has 4 rings (SSSR count). The molecule has 0 saturated heterocycles. The average Bonchev–Trinajstić information content (AvgIpc) is 3.10. The van der Waals surface area contributed by atoms with Crippen molar-refractivity contribution in [1.29, 1.82) is 0 Å². The standard InChI is InChI=1S/C24H22N2O2/c27-24(28)14-11-19-10-13-22-21(16-19)20(12-9-18-6-2-1-3-7-18)17-26(22)23-8-4-5-15-25-23/h1-8,10,13,15-17H,9,11-12,14H2,(H,27,28). The van der Waals surface area contributed by atoms with Gasteiger partial charge in [0.05, 0.1) is 5.52 Å². The molecule has 0 saturated carbocycles. The summed E-state index contributed by atoms with van der Waals surface area (Å²) < 4.78 is 2.12. The Morgan fingerprint density at radius 2 is 1.71 bits per heavy atom. The van der Waals surface area contributed by atoms with Gasteiger partial charge in [-0.05, 0) is 60.2 Å². The first-order valence-electron chi connectivity index (χ1n) is 9.51. The lowest BCUT2D eigenvalue weighted by Crippen LogP contribution is -1.98. The molecule has 0 amide bonds. The number of hydrogen-bond donors (Lipinski definition) is 1. The molecule has 0 fully saturated rings. The fraction of sp³-hybridized carbons (Fsp3) is 0.167. The van der Waals surface area contributed by atoms with Crippen molar-refractivity contribution in [2.45, 2.75) is 25.7 Å². The van der Waals surface area contributed by atoms with E-state index in [0.29, 0.717) is 6.42 Å². The van der Waals surface area contributed by atoms with Gasteiger partial charge in [-0.25, -0.2) is 4.98 Å². The van der Waals surface area contributed by atoms with Crippen LogP contribution in [-0.4, -0.2) is 20.6 Å². The fourth-order valence-corrected chi connectivity index (χ4v) is 3.56. The van der Waals surface area contributed by atoms with Crippen LogP contribution in [0.4, 0.5) is 0 Å². The van der Waals surface area contributed by atoms with E-state index in [4.69, 9.17) is 5.11 Å². The Bertz CT molecular complexity index is 1090. The first-order chi connectivity index (χ1) is 13.7. The molecule has 0 radical (unpaired) electrons. The number of aromatic nitrogens is 2. The van der Waals surface area contributed by atoms with Crippen LogP contribution in [0.2, 0.25) is 0 Å². The highest BCUT2D eigenvalue weighted by Crippen LogP contribution is 2.27. The Morgan fingerprint density at radius 1 is 0.893 bits per heavy atom. The van der Waals surface area contributed by atoms with E-state index in [0.717, 1.165) is 29.7 Å². The average molecular weight is 370 g/mol. The zero-order valence-corrected chi connectivity index (χ0v) is 15.6. The van der Waals surface area contributed by atoms with Crippen molar-refractivity contribution in [3.8, 4) is 5.82 Å². The summed E-state index contributed by atoms with van der Waals surface area (Å²) in [6.45, 7) is 0. The Labute approximate surface area is 164 Å². The fourth-order valence-electron chi connectivity index (χ4n) is 3.56. The highest BCUT2D eigenvalue weighted by atomic mass is 16.4. The molecular weight excluding hydrogens is 348 g/mol. The van der Waals surface area contributed by atoms with Gasteiger partial charge >= 0.3 is 5.97 Å². The maximum absolute atomic E-state index is 10.9. The molecule has 4 heteroatoms. The van der Waals surface area contributed by atoms with E-state index < -0.39 is 5.97 Å². The van der Waals surface area contributed by atoms with E-state index in [1.54, 1.807) is 6.20 Å². The predicted octanol–water partition coefficient (Wildman–Crippen LogP) is 4.83. The molecule has 4 aromatic rings. The molecule has 1 N–H and O–H groups in total. The van der Waals surface area contributed by atoms with Crippen LogP contribution >= 0.6 is 0 Å². The Morgan fingerprint density at radius 3 is 2.46 bits per heavy atom. The van der Waals surface area contributed by atoms with E-state index >= 15 is 0 Å². The molecular formula is C24H22N2O2. The number of nitrogens with zero attached hydrogens (tertiary/aromatic N) is 2. The van der Waals surface area contributed by atoms with Crippen molar-refractivity contribution < 1.29 is 9.90 Å². The van der Waals surface area contributed by atoms with Crippen LogP contribution in [0, 0.1) is 0 Å². The number of carboxylic acids is 1. The number of hydrogen-bond acceptors (Lipinski definition) is 2. The van der Waals surface area contributed by atoms with E-state index in [1.165, 1.54) is 16.5 Å². The lowest BCUT2D eigenvalue weighted by molar-refractivity contribution is -0.136. The van der Waals surface area contributed by atoms with Crippen LogP contribution in [0.1, 0.15) is 23.1 Å². The van der Waals surface area contributed by atoms with Crippen LogP contribution in [0.3, 0.4) is 0 Å². The zero-order valence-electron chi connectivity index (χ0n) is 15.6. The number of fused-ring (bicyclic) bond motifs is 1. The van der Waals surface area contributed by atoms with Gasteiger partial charge in [0.2, 0.25) is 0 Å². The Kier molecular flexibility index (Phi) is 5.20. The first-order valence-corrected chi connectivity index (χ1v) is 9.51. The molecule has 28 heavy (non-hydrogen) atoms. The monoisotopic (exact) mass is 370 g/mol. The van der Waals surface area contributed by atoms with Crippen LogP contribution in [0.15, 0.2) is 79.1 Å². The minimum atomic E-state index is -0.768. The zero-order chi connectivity index (χ0) is 19.3. The maximum Gasteiger partial charge on any atom is 0.303 e. The summed E-state index contributed by atoms with van der Waals surface area (Å²) in [5, 5.41) is 10.2. The van der Waals surface area contributed by atoms with Crippen molar-refractivity contribution in [3.05, 3.63) is 95.8 Å². The lowest BCUT2D eigenvalue weighted by Gasteiger charge is -2.05. The molecule has 0 atom stereocenters. The molecule has 2 aromatic carbocycles. The number of pyridine rings is 1. The lowest BCUT2D eigenvalue weighted by atomic mass is 10.0. The molecule has 2 heterocycles. The van der Waals surface area contributed by atoms with Gasteiger partial charge in [-0.3, -0.25) is 4.79 Å². The van der Waals surface area contributed by atoms with Crippen molar-refractivity contribution in [1.82, 2.24) is 9.55 Å². The third kappa shape index (κ3) is 3.96. The summed E-state index contributed by atoms with van der Waals surface area (Å²) in [7, 11) is 0. The smallest absolute Gasteiger partial charge is 0.303 e. The topological polar surface area (TPSA) is 55.1 Å². The third-order valence-electron chi connectivity index (χ3n) is 5.00. The van der Waals surface area contributed by atoms with E-state index in [9.17, 15) is 4.79 Å². The molecule has 0 spiro atoms. The van der Waals surface area contributed by atoms with Gasteiger partial charge in [0.15, 0.2) is 0 Å². The van der Waals surface area contributed by atoms with Crippen LogP contribution < -0.4 is 0 Å². The quantitative estimate of drug-likeness (QED) is 0.507. The SMILES string of the molecule is O=C(O)CCc1ccc2c(c1)c(CCc1ccccc1)cn2-c1ccccn1. The number of aryl methyl sites for hydroxylation is 3. The van der Waals surface area contributed by atoms with Crippen molar-refractivity contribution in [2.75, 3.05) is 0 Å². The number of carbonyl (C=O) groups is 1. The summed E-state index contributed by atoms with van der Waals surface area (Å²) in [5.41, 5.74) is 4.71. The van der Waals surface area contributed by atoms with Crippen LogP contribution in [0.5, 0.6) is 0 Å². The van der Waals surface area contributed by atoms with Gasteiger partial charge in [-0.1, -0.05) is 42.5 Å². The molecule has 2 aromatic heterocycles. The summed E-state index contributed by atoms with van der Waals surface area (Å²) in [6.07, 6.45) is 6.52. The highest BCUT2D eigenvalue weighted by molar-refractivity contribution is 5.86. The maximum atomic E-state index is 10.9. The molecule has 0 aliphatic heterocycles. The number of benzene rings is 2. The van der Waals surface area contributed by atoms with E-state index in [1.807, 2.05) is 30.3 Å². The van der Waals surface area contributed by atoms with Gasteiger partial charge in [-0.2, -0.15) is 0 Å². The largest absolute Gasteiger partial charge is 0.481 e. The van der Waals surface area contributed by atoms with Crippen LogP contribution in [0.25, 0.3) is 16.7 Å². The van der Waals surface area contributed by atoms with Crippen molar-refractivity contribution in [3.63, 3.8) is 0 Å². The van der Waals surface area contributed by atoms with Crippen molar-refractivity contribution >= 4 is 16.9 Å². The van der Waals surface area contributed by atoms with Gasteiger partial charge in [0.1, 0.15) is 5.82 Å². The summed E-state index contributed by atoms with van der Waals surface area (Å²) in [4.78, 5) is 15.4. The Balaban J connectivity index is 1.72. The number of rotatable bonds is 7. The molecule has 0 bridgehead atoms. The van der Waals surface area contributed by atoms with Gasteiger partial charge in [0.25, 0.3) is 0 Å². The first kappa shape index (κ1) is 18.0. The Hall–Kier alpha value is -3.40. The summed E-state index contributed by atoms with van der Waals surface area (Å²) in [5.74, 6) is 0.118. The van der Waals surface area contributed by atoms with E-state index in [-0.39, 0.29) is 6.42 Å². The molecule has 0 aliphatic carbocycles. The minimum Gasteiger partial charge on any atom is -0.481 e. The molecule has 140 valence electrons. The van der Waals surface area contributed by atoms with Gasteiger partial charge < -0.3 is 9.67 Å². The highest BCUT2D eigenvalue weighted by Gasteiger charge is 2.12. The second-order valence-corrected chi connectivity index (χ2v) is 6.94. The van der Waals surface area contributed by atoms with Gasteiger partial charge in [0, 0.05) is 24.2 Å². The van der Waals surface area contributed by atoms with Crippen molar-refractivity contribution in [2.24, 2.45) is 0 Å². The number of aliphatic carboxylic acids is 1. The predicted molar refractivity (Wildman–Crippen MR) is 111 cm³/mol. The third-order valence-corrected chi connectivity index (χ3v) is 5.00. The minimum absolute atomic E-state index is 0.145. The number of carboxylic acid groups (broad SMARTS) is 1. The molecule has 0 aliphatic rings. The summed E-state index contributed by atoms with van der Waals surface area (Å²) >= 11 is 0. The summed E-state index contributed by atoms with van der Waals surface area (Å²) in [6, 6.07) is 22.6. The second-order valence-electron chi connectivity index (χ2n) is 6.94. The van der Waals surface area contributed by atoms with E-state index in [2.05, 4.69) is 52.1 Å².